The highest BCUT2D eigenvalue weighted by Gasteiger charge is 2.13. The van der Waals surface area contributed by atoms with Gasteiger partial charge in [-0.15, -0.1) is 0 Å². The van der Waals surface area contributed by atoms with Crippen LogP contribution in [0.15, 0.2) is 58.3 Å². The minimum Gasteiger partial charge on any atom is -0.331 e. The highest BCUT2D eigenvalue weighted by molar-refractivity contribution is 7.99. The quantitative estimate of drug-likeness (QED) is 0.663. The van der Waals surface area contributed by atoms with Gasteiger partial charge in [-0.25, -0.2) is 0 Å². The van der Waals surface area contributed by atoms with Gasteiger partial charge in [0.1, 0.15) is 0 Å². The molecule has 0 amide bonds. The van der Waals surface area contributed by atoms with Gasteiger partial charge in [0, 0.05) is 9.79 Å². The Bertz CT molecular complexity index is 422. The fourth-order valence-electron chi connectivity index (χ4n) is 1.82. The fourth-order valence-corrected chi connectivity index (χ4v) is 2.90. The summed E-state index contributed by atoms with van der Waals surface area (Å²) in [5, 5.41) is 0. The monoisotopic (exact) mass is 288 g/mol. The molecule has 108 valence electrons. The van der Waals surface area contributed by atoms with E-state index < -0.39 is 0 Å². The molecule has 3 rings (SSSR count). The molecular formula is C17H24N2S. The van der Waals surface area contributed by atoms with Crippen molar-refractivity contribution in [2.75, 3.05) is 13.1 Å². The minimum absolute atomic E-state index is 0.750. The zero-order valence-corrected chi connectivity index (χ0v) is 13.1. The van der Waals surface area contributed by atoms with E-state index in [1.807, 2.05) is 25.6 Å². The summed E-state index contributed by atoms with van der Waals surface area (Å²) in [6.07, 6.45) is 1.08. The number of hydrogen-bond acceptors (Lipinski definition) is 3. The number of benzene rings is 2. The van der Waals surface area contributed by atoms with Crippen LogP contribution in [0.2, 0.25) is 0 Å². The van der Waals surface area contributed by atoms with Gasteiger partial charge in [0.05, 0.1) is 0 Å². The molecule has 0 aliphatic carbocycles. The van der Waals surface area contributed by atoms with Gasteiger partial charge in [-0.3, -0.25) is 0 Å². The molecule has 0 bridgehead atoms. The second kappa shape index (κ2) is 9.59. The van der Waals surface area contributed by atoms with E-state index in [-0.39, 0.29) is 0 Å². The lowest BCUT2D eigenvalue weighted by molar-refractivity contribution is 1.06. The summed E-state index contributed by atoms with van der Waals surface area (Å²) >= 11 is 1.88. The number of nitrogens with two attached hydrogens (primary N) is 2. The Balaban J connectivity index is 0.000000290. The summed E-state index contributed by atoms with van der Waals surface area (Å²) in [6.45, 7) is 5.31. The summed E-state index contributed by atoms with van der Waals surface area (Å²) in [5.74, 6) is 0. The summed E-state index contributed by atoms with van der Waals surface area (Å²) in [6, 6.07) is 17.3. The number of fused-ring (bicyclic) bond motifs is 2. The molecule has 2 nitrogen and oxygen atoms in total. The zero-order chi connectivity index (χ0) is 14.8. The smallest absolute Gasteiger partial charge is 0.0157 e. The average molecular weight is 288 g/mol. The number of rotatable bonds is 0. The van der Waals surface area contributed by atoms with E-state index in [2.05, 4.69) is 48.5 Å². The lowest BCUT2D eigenvalue weighted by atomic mass is 10.0. The molecule has 1 aliphatic heterocycles. The average Bonchev–Trinajstić information content (AvgIpc) is 2.47. The Morgan fingerprint density at radius 3 is 1.55 bits per heavy atom. The standard InChI is InChI=1S/C13H10S.2C2H7N/c1-3-7-12-10(5-1)9-11-6-2-4-8-13(11)14-12;2*1-2-3/h1-8H,9H2;2*2-3H2,1H3. The van der Waals surface area contributed by atoms with Crippen molar-refractivity contribution < 1.29 is 0 Å². The Kier molecular flexibility index (Phi) is 8.04. The molecule has 0 spiro atoms. The van der Waals surface area contributed by atoms with Crippen LogP contribution in [-0.2, 0) is 6.42 Å². The lowest BCUT2D eigenvalue weighted by Crippen LogP contribution is -1.98. The molecule has 0 radical (unpaired) electrons. The Morgan fingerprint density at radius 2 is 1.15 bits per heavy atom. The van der Waals surface area contributed by atoms with Gasteiger partial charge in [-0.05, 0) is 42.8 Å². The molecule has 1 heterocycles. The van der Waals surface area contributed by atoms with Crippen molar-refractivity contribution in [1.82, 2.24) is 0 Å². The number of hydrogen-bond donors (Lipinski definition) is 2. The van der Waals surface area contributed by atoms with Gasteiger partial charge in [0.15, 0.2) is 0 Å². The van der Waals surface area contributed by atoms with Gasteiger partial charge in [-0.2, -0.15) is 0 Å². The molecule has 2 aromatic rings. The largest absolute Gasteiger partial charge is 0.331 e. The molecule has 0 atom stereocenters. The Hall–Kier alpha value is -1.29. The SMILES string of the molecule is CCN.CCN.c1ccc2c(c1)Cc1ccccc1S2. The Morgan fingerprint density at radius 1 is 0.800 bits per heavy atom. The predicted molar refractivity (Wildman–Crippen MR) is 89.3 cm³/mol. The van der Waals surface area contributed by atoms with Crippen molar-refractivity contribution in [1.29, 1.82) is 0 Å². The summed E-state index contributed by atoms with van der Waals surface area (Å²) in [7, 11) is 0. The van der Waals surface area contributed by atoms with E-state index in [4.69, 9.17) is 11.5 Å². The molecule has 3 heteroatoms. The lowest BCUT2D eigenvalue weighted by Gasteiger charge is -2.17. The van der Waals surface area contributed by atoms with Crippen molar-refractivity contribution in [3.8, 4) is 0 Å². The van der Waals surface area contributed by atoms with Gasteiger partial charge >= 0.3 is 0 Å². The maximum atomic E-state index is 4.85. The normalized spacial score (nSPS) is 11.0. The first-order chi connectivity index (χ1) is 9.76. The second-order valence-corrected chi connectivity index (χ2v) is 5.39. The van der Waals surface area contributed by atoms with Gasteiger partial charge < -0.3 is 11.5 Å². The molecule has 0 saturated carbocycles. The van der Waals surface area contributed by atoms with Crippen LogP contribution in [0.1, 0.15) is 25.0 Å². The third kappa shape index (κ3) is 5.00. The maximum absolute atomic E-state index is 4.85. The summed E-state index contributed by atoms with van der Waals surface area (Å²) in [4.78, 5) is 2.82. The highest BCUT2D eigenvalue weighted by atomic mass is 32.2. The van der Waals surface area contributed by atoms with E-state index in [1.54, 1.807) is 0 Å². The van der Waals surface area contributed by atoms with Crippen LogP contribution < -0.4 is 11.5 Å². The van der Waals surface area contributed by atoms with E-state index in [0.29, 0.717) is 0 Å². The van der Waals surface area contributed by atoms with E-state index in [0.717, 1.165) is 19.5 Å². The molecule has 0 saturated heterocycles. The van der Waals surface area contributed by atoms with Crippen LogP contribution in [0.3, 0.4) is 0 Å². The van der Waals surface area contributed by atoms with Crippen LogP contribution in [0.5, 0.6) is 0 Å². The van der Waals surface area contributed by atoms with Crippen LogP contribution in [0.4, 0.5) is 0 Å². The second-order valence-electron chi connectivity index (χ2n) is 4.31. The molecule has 0 fully saturated rings. The van der Waals surface area contributed by atoms with Crippen LogP contribution in [-0.4, -0.2) is 13.1 Å². The molecule has 2 aromatic carbocycles. The third-order valence-electron chi connectivity index (χ3n) is 2.55. The first kappa shape index (κ1) is 16.8. The zero-order valence-electron chi connectivity index (χ0n) is 12.3. The molecule has 4 N–H and O–H groups in total. The van der Waals surface area contributed by atoms with E-state index >= 15 is 0 Å². The van der Waals surface area contributed by atoms with Gasteiger partial charge in [-0.1, -0.05) is 62.0 Å². The summed E-state index contributed by atoms with van der Waals surface area (Å²) < 4.78 is 0. The van der Waals surface area contributed by atoms with Gasteiger partial charge in [0.25, 0.3) is 0 Å². The topological polar surface area (TPSA) is 52.0 Å². The third-order valence-corrected chi connectivity index (χ3v) is 3.78. The van der Waals surface area contributed by atoms with Crippen LogP contribution in [0.25, 0.3) is 0 Å². The minimum atomic E-state index is 0.750. The fraction of sp³-hybridized carbons (Fsp3) is 0.294. The first-order valence-electron chi connectivity index (χ1n) is 7.00. The molecular weight excluding hydrogens is 264 g/mol. The molecule has 0 aromatic heterocycles. The van der Waals surface area contributed by atoms with E-state index in [9.17, 15) is 0 Å². The highest BCUT2D eigenvalue weighted by Crippen LogP contribution is 2.38. The predicted octanol–water partition coefficient (Wildman–Crippen LogP) is 3.67. The van der Waals surface area contributed by atoms with Crippen LogP contribution >= 0.6 is 11.8 Å². The molecule has 0 unspecified atom stereocenters. The maximum Gasteiger partial charge on any atom is 0.0157 e. The van der Waals surface area contributed by atoms with Gasteiger partial charge in [0.2, 0.25) is 0 Å². The first-order valence-corrected chi connectivity index (χ1v) is 7.82. The van der Waals surface area contributed by atoms with Crippen LogP contribution in [0, 0.1) is 0 Å². The molecule has 1 aliphatic rings. The van der Waals surface area contributed by atoms with Crippen molar-refractivity contribution >= 4 is 11.8 Å². The van der Waals surface area contributed by atoms with Crippen molar-refractivity contribution in [3.05, 3.63) is 59.7 Å². The van der Waals surface area contributed by atoms with Crippen molar-refractivity contribution in [2.45, 2.75) is 30.1 Å². The summed E-state index contributed by atoms with van der Waals surface area (Å²) in [5.41, 5.74) is 12.6. The van der Waals surface area contributed by atoms with Crippen molar-refractivity contribution in [2.24, 2.45) is 11.5 Å². The van der Waals surface area contributed by atoms with Crippen molar-refractivity contribution in [3.63, 3.8) is 0 Å². The Labute approximate surface area is 126 Å². The molecule has 20 heavy (non-hydrogen) atoms. The van der Waals surface area contributed by atoms with E-state index in [1.165, 1.54) is 20.9 Å².